The minimum absolute atomic E-state index is 0.112. The lowest BCUT2D eigenvalue weighted by molar-refractivity contribution is 0.229. The maximum absolute atomic E-state index is 8.63. The van der Waals surface area contributed by atoms with Crippen molar-refractivity contribution >= 4 is 0 Å². The fourth-order valence-electron chi connectivity index (χ4n) is 0.900. The molecule has 0 unspecified atom stereocenters. The van der Waals surface area contributed by atoms with E-state index in [2.05, 4.69) is 11.2 Å². The number of aromatic nitrogens is 2. The molecule has 0 fully saturated rings. The summed E-state index contributed by atoms with van der Waals surface area (Å²) in [6.45, 7) is 5.66. The Labute approximate surface area is 77.7 Å². The highest BCUT2D eigenvalue weighted by Crippen LogP contribution is 2.11. The molecule has 0 aliphatic carbocycles. The lowest BCUT2D eigenvalue weighted by Crippen LogP contribution is -2.08. The molecule has 0 bridgehead atoms. The van der Waals surface area contributed by atoms with Crippen LogP contribution in [0.3, 0.4) is 0 Å². The Morgan fingerprint density at radius 1 is 1.54 bits per heavy atom. The molecule has 0 saturated heterocycles. The molecule has 70 valence electrons. The lowest BCUT2D eigenvalue weighted by atomic mass is 10.4. The first kappa shape index (κ1) is 9.59. The number of hydrogen-bond acceptors (Lipinski definition) is 3. The maximum atomic E-state index is 8.63. The smallest absolute Gasteiger partial charge is 0.233 e. The van der Waals surface area contributed by atoms with E-state index in [1.54, 1.807) is 23.9 Å². The van der Waals surface area contributed by atoms with Gasteiger partial charge >= 0.3 is 0 Å². The standard InChI is InChI=1S/C9H13N3O/c1-7(2)13-9-4-5-12(11-9)8(3)6-10/h4-5,7-8H,1-3H3/t8-/m1/s1. The van der Waals surface area contributed by atoms with Crippen molar-refractivity contribution in [2.24, 2.45) is 0 Å². The summed E-state index contributed by atoms with van der Waals surface area (Å²) in [7, 11) is 0. The summed E-state index contributed by atoms with van der Waals surface area (Å²) >= 11 is 0. The molecule has 1 atom stereocenters. The minimum atomic E-state index is -0.246. The van der Waals surface area contributed by atoms with Crippen LogP contribution >= 0.6 is 0 Å². The number of nitrogens with zero attached hydrogens (tertiary/aromatic N) is 3. The average molecular weight is 179 g/mol. The second kappa shape index (κ2) is 3.94. The van der Waals surface area contributed by atoms with E-state index in [0.717, 1.165) is 0 Å². The van der Waals surface area contributed by atoms with Crippen LogP contribution in [0.5, 0.6) is 5.88 Å². The largest absolute Gasteiger partial charge is 0.474 e. The van der Waals surface area contributed by atoms with Crippen molar-refractivity contribution in [1.29, 1.82) is 5.26 Å². The predicted octanol–water partition coefficient (Wildman–Crippen LogP) is 1.75. The van der Waals surface area contributed by atoms with E-state index in [9.17, 15) is 0 Å². The molecule has 0 aromatic carbocycles. The maximum Gasteiger partial charge on any atom is 0.233 e. The third-order valence-electron chi connectivity index (χ3n) is 1.52. The fraction of sp³-hybridized carbons (Fsp3) is 0.556. The van der Waals surface area contributed by atoms with Crippen LogP contribution in [0.25, 0.3) is 0 Å². The van der Waals surface area contributed by atoms with Crippen molar-refractivity contribution in [3.05, 3.63) is 12.3 Å². The summed E-state index contributed by atoms with van der Waals surface area (Å²) in [4.78, 5) is 0. The fourth-order valence-corrected chi connectivity index (χ4v) is 0.900. The molecule has 13 heavy (non-hydrogen) atoms. The molecule has 0 spiro atoms. The summed E-state index contributed by atoms with van der Waals surface area (Å²) in [6, 6.07) is 3.60. The van der Waals surface area contributed by atoms with Crippen LogP contribution < -0.4 is 4.74 Å². The van der Waals surface area contributed by atoms with Gasteiger partial charge in [-0.15, -0.1) is 5.10 Å². The van der Waals surface area contributed by atoms with E-state index in [0.29, 0.717) is 5.88 Å². The highest BCUT2D eigenvalue weighted by molar-refractivity contribution is 5.07. The van der Waals surface area contributed by atoms with Gasteiger partial charge in [0.05, 0.1) is 12.2 Å². The molecule has 1 aromatic heterocycles. The summed E-state index contributed by atoms with van der Waals surface area (Å²) in [5, 5.41) is 12.7. The normalized spacial score (nSPS) is 12.5. The third-order valence-corrected chi connectivity index (χ3v) is 1.52. The minimum Gasteiger partial charge on any atom is -0.474 e. The van der Waals surface area contributed by atoms with Gasteiger partial charge in [-0.25, -0.2) is 0 Å². The van der Waals surface area contributed by atoms with Crippen LogP contribution in [0.15, 0.2) is 12.3 Å². The molecule has 0 aliphatic rings. The van der Waals surface area contributed by atoms with Gasteiger partial charge in [-0.2, -0.15) is 5.26 Å². The Morgan fingerprint density at radius 2 is 2.23 bits per heavy atom. The first-order chi connectivity index (χ1) is 6.13. The van der Waals surface area contributed by atoms with E-state index in [1.807, 2.05) is 13.8 Å². The molecule has 0 saturated carbocycles. The Kier molecular flexibility index (Phi) is 2.91. The van der Waals surface area contributed by atoms with E-state index < -0.39 is 0 Å². The zero-order chi connectivity index (χ0) is 9.84. The van der Waals surface area contributed by atoms with E-state index >= 15 is 0 Å². The monoisotopic (exact) mass is 179 g/mol. The Morgan fingerprint density at radius 3 is 2.77 bits per heavy atom. The lowest BCUT2D eigenvalue weighted by Gasteiger charge is -2.05. The molecule has 1 aromatic rings. The average Bonchev–Trinajstić information content (AvgIpc) is 2.50. The predicted molar refractivity (Wildman–Crippen MR) is 48.3 cm³/mol. The molecule has 1 heterocycles. The zero-order valence-electron chi connectivity index (χ0n) is 8.06. The van der Waals surface area contributed by atoms with Crippen LogP contribution in [0.4, 0.5) is 0 Å². The SMILES string of the molecule is CC(C)Oc1ccn([C@H](C)C#N)n1. The zero-order valence-corrected chi connectivity index (χ0v) is 8.06. The Hall–Kier alpha value is -1.50. The Bertz CT molecular complexity index is 311. The van der Waals surface area contributed by atoms with Crippen molar-refractivity contribution in [3.63, 3.8) is 0 Å². The molecule has 0 amide bonds. The van der Waals surface area contributed by atoms with Crippen molar-refractivity contribution in [2.75, 3.05) is 0 Å². The second-order valence-corrected chi connectivity index (χ2v) is 3.11. The molecule has 4 nitrogen and oxygen atoms in total. The van der Waals surface area contributed by atoms with Crippen LogP contribution in [-0.4, -0.2) is 15.9 Å². The van der Waals surface area contributed by atoms with E-state index in [1.165, 1.54) is 0 Å². The van der Waals surface area contributed by atoms with Crippen molar-refractivity contribution < 1.29 is 4.74 Å². The van der Waals surface area contributed by atoms with Crippen LogP contribution in [0.1, 0.15) is 26.8 Å². The Balaban J connectivity index is 2.70. The molecule has 0 aliphatic heterocycles. The topological polar surface area (TPSA) is 50.8 Å². The first-order valence-corrected chi connectivity index (χ1v) is 4.25. The van der Waals surface area contributed by atoms with Gasteiger partial charge in [0.2, 0.25) is 5.88 Å². The highest BCUT2D eigenvalue weighted by atomic mass is 16.5. The van der Waals surface area contributed by atoms with Gasteiger partial charge < -0.3 is 4.74 Å². The van der Waals surface area contributed by atoms with Gasteiger partial charge in [0, 0.05) is 12.3 Å². The molecule has 0 N–H and O–H groups in total. The van der Waals surface area contributed by atoms with Gasteiger partial charge in [-0.05, 0) is 20.8 Å². The number of ether oxygens (including phenoxy) is 1. The van der Waals surface area contributed by atoms with Gasteiger partial charge in [-0.3, -0.25) is 4.68 Å². The van der Waals surface area contributed by atoms with Crippen LogP contribution in [0, 0.1) is 11.3 Å². The number of rotatable bonds is 3. The van der Waals surface area contributed by atoms with Gasteiger partial charge in [0.15, 0.2) is 0 Å². The highest BCUT2D eigenvalue weighted by Gasteiger charge is 2.06. The van der Waals surface area contributed by atoms with Gasteiger partial charge in [0.25, 0.3) is 0 Å². The summed E-state index contributed by atoms with van der Waals surface area (Å²) in [6.07, 6.45) is 1.85. The van der Waals surface area contributed by atoms with E-state index in [-0.39, 0.29) is 12.1 Å². The summed E-state index contributed by atoms with van der Waals surface area (Å²) in [5.41, 5.74) is 0. The number of hydrogen-bond donors (Lipinski definition) is 0. The van der Waals surface area contributed by atoms with Crippen molar-refractivity contribution in [2.45, 2.75) is 32.9 Å². The van der Waals surface area contributed by atoms with Gasteiger partial charge in [-0.1, -0.05) is 0 Å². The van der Waals surface area contributed by atoms with Crippen molar-refractivity contribution in [1.82, 2.24) is 9.78 Å². The quantitative estimate of drug-likeness (QED) is 0.710. The molecular weight excluding hydrogens is 166 g/mol. The van der Waals surface area contributed by atoms with Gasteiger partial charge in [0.1, 0.15) is 6.04 Å². The number of nitriles is 1. The van der Waals surface area contributed by atoms with Crippen LogP contribution in [0.2, 0.25) is 0 Å². The molecule has 1 rings (SSSR count). The second-order valence-electron chi connectivity index (χ2n) is 3.11. The summed E-state index contributed by atoms with van der Waals surface area (Å²) in [5.74, 6) is 0.567. The third kappa shape index (κ3) is 2.48. The van der Waals surface area contributed by atoms with E-state index in [4.69, 9.17) is 10.00 Å². The van der Waals surface area contributed by atoms with Crippen molar-refractivity contribution in [3.8, 4) is 11.9 Å². The molecule has 0 radical (unpaired) electrons. The first-order valence-electron chi connectivity index (χ1n) is 4.25. The van der Waals surface area contributed by atoms with Crippen LogP contribution in [-0.2, 0) is 0 Å². The molecular formula is C9H13N3O. The molecule has 4 heteroatoms. The summed E-state index contributed by atoms with van der Waals surface area (Å²) < 4.78 is 6.93.